The van der Waals surface area contributed by atoms with Gasteiger partial charge in [0.25, 0.3) is 0 Å². The molecule has 3 rings (SSSR count). The summed E-state index contributed by atoms with van der Waals surface area (Å²) in [7, 11) is 0. The third kappa shape index (κ3) is 5.78. The summed E-state index contributed by atoms with van der Waals surface area (Å²) in [6.07, 6.45) is -3.72. The van der Waals surface area contributed by atoms with Crippen molar-refractivity contribution >= 4 is 46.0 Å². The lowest BCUT2D eigenvalue weighted by Crippen LogP contribution is -2.14. The third-order valence-corrected chi connectivity index (χ3v) is 5.29. The molecule has 0 atom stereocenters. The first-order chi connectivity index (χ1) is 14.7. The van der Waals surface area contributed by atoms with Crippen molar-refractivity contribution in [3.8, 4) is 0 Å². The first kappa shape index (κ1) is 22.7. The molecule has 0 fully saturated rings. The van der Waals surface area contributed by atoms with Crippen LogP contribution in [-0.4, -0.2) is 27.1 Å². The Balaban J connectivity index is 1.71. The molecule has 0 aliphatic rings. The van der Waals surface area contributed by atoms with E-state index in [4.69, 9.17) is 0 Å². The molecule has 0 saturated carbocycles. The molecule has 0 radical (unpaired) electrons. The van der Waals surface area contributed by atoms with Crippen molar-refractivity contribution in [1.29, 1.82) is 0 Å². The fourth-order valence-corrected chi connectivity index (χ4v) is 3.83. The highest BCUT2D eigenvalue weighted by Crippen LogP contribution is 2.33. The molecule has 2 N–H and O–H groups in total. The zero-order valence-corrected chi connectivity index (χ0v) is 17.7. The maximum Gasteiger partial charge on any atom is 0.416 e. The zero-order valence-electron chi connectivity index (χ0n) is 16.9. The number of amides is 2. The van der Waals surface area contributed by atoms with Crippen LogP contribution < -0.4 is 10.6 Å². The quantitative estimate of drug-likeness (QED) is 0.488. The van der Waals surface area contributed by atoms with E-state index in [2.05, 4.69) is 15.6 Å². The van der Waals surface area contributed by atoms with Crippen molar-refractivity contribution < 1.29 is 22.8 Å². The highest BCUT2D eigenvalue weighted by molar-refractivity contribution is 7.99. The number of anilines is 2. The molecule has 0 bridgehead atoms. The number of aryl methyl sites for hydroxylation is 1. The fourth-order valence-electron chi connectivity index (χ4n) is 2.99. The van der Waals surface area contributed by atoms with Gasteiger partial charge in [0.1, 0.15) is 0 Å². The number of nitrogens with one attached hydrogen (secondary N) is 2. The highest BCUT2D eigenvalue weighted by Gasteiger charge is 2.31. The zero-order chi connectivity index (χ0) is 22.6. The molecule has 2 aromatic carbocycles. The van der Waals surface area contributed by atoms with E-state index in [0.29, 0.717) is 40.5 Å². The van der Waals surface area contributed by atoms with Crippen molar-refractivity contribution in [1.82, 2.24) is 9.55 Å². The summed E-state index contributed by atoms with van der Waals surface area (Å²) in [6, 6.07) is 10.1. The second-order valence-electron chi connectivity index (χ2n) is 6.84. The third-order valence-electron chi connectivity index (χ3n) is 4.31. The number of benzene rings is 2. The van der Waals surface area contributed by atoms with Gasteiger partial charge in [-0.1, -0.05) is 18.7 Å². The molecular formula is C21H21F3N4O2S. The average Bonchev–Trinajstić information content (AvgIpc) is 3.04. The maximum atomic E-state index is 13.1. The van der Waals surface area contributed by atoms with Crippen molar-refractivity contribution in [2.24, 2.45) is 0 Å². The number of alkyl halides is 3. The summed E-state index contributed by atoms with van der Waals surface area (Å²) in [4.78, 5) is 27.8. The lowest BCUT2D eigenvalue weighted by atomic mass is 10.2. The summed E-state index contributed by atoms with van der Waals surface area (Å²) in [5.41, 5.74) is 1.31. The Bertz CT molecular complexity index is 1090. The number of thioether (sulfide) groups is 1. The number of hydrogen-bond donors (Lipinski definition) is 2. The lowest BCUT2D eigenvalue weighted by molar-refractivity contribution is -0.137. The smallest absolute Gasteiger partial charge is 0.326 e. The molecule has 164 valence electrons. The predicted octanol–water partition coefficient (Wildman–Crippen LogP) is 5.15. The van der Waals surface area contributed by atoms with Crippen LogP contribution in [0, 0.1) is 0 Å². The van der Waals surface area contributed by atoms with E-state index in [1.807, 2.05) is 6.92 Å². The summed E-state index contributed by atoms with van der Waals surface area (Å²) in [5, 5.41) is 5.88. The second-order valence-corrected chi connectivity index (χ2v) is 7.79. The van der Waals surface area contributed by atoms with E-state index >= 15 is 0 Å². The minimum absolute atomic E-state index is 0.0482. The van der Waals surface area contributed by atoms with Crippen LogP contribution in [0.15, 0.2) is 47.6 Å². The van der Waals surface area contributed by atoms with Gasteiger partial charge in [-0.25, -0.2) is 4.98 Å². The lowest BCUT2D eigenvalue weighted by Gasteiger charge is -2.10. The minimum atomic E-state index is -4.43. The number of aromatic nitrogens is 2. The number of imidazole rings is 1. The Morgan fingerprint density at radius 1 is 1.06 bits per heavy atom. The van der Waals surface area contributed by atoms with Gasteiger partial charge in [-0.05, 0) is 48.9 Å². The predicted molar refractivity (Wildman–Crippen MR) is 115 cm³/mol. The van der Waals surface area contributed by atoms with Crippen molar-refractivity contribution in [2.75, 3.05) is 16.4 Å². The fraction of sp³-hybridized carbons (Fsp3) is 0.286. The molecule has 0 aliphatic carbocycles. The second kappa shape index (κ2) is 9.42. The van der Waals surface area contributed by atoms with Crippen LogP contribution in [0.1, 0.15) is 25.8 Å². The standard InChI is InChI=1S/C21H21F3N4O2S/c1-3-10-28-18-11-14(21(22,23)24)4-9-17(18)27-20(28)31-12-19(30)26-16-7-5-15(6-8-16)25-13(2)29/h4-9,11H,3,10,12H2,1-2H3,(H,25,29)(H,26,30). The Morgan fingerprint density at radius 3 is 2.29 bits per heavy atom. The molecule has 1 aromatic heterocycles. The average molecular weight is 450 g/mol. The Kier molecular flexibility index (Phi) is 6.89. The molecule has 0 spiro atoms. The molecule has 0 unspecified atom stereocenters. The number of halogens is 3. The van der Waals surface area contributed by atoms with Gasteiger partial charge in [-0.2, -0.15) is 13.2 Å². The maximum absolute atomic E-state index is 13.1. The van der Waals surface area contributed by atoms with Crippen molar-refractivity contribution in [3.05, 3.63) is 48.0 Å². The van der Waals surface area contributed by atoms with Gasteiger partial charge >= 0.3 is 6.18 Å². The van der Waals surface area contributed by atoms with E-state index in [0.717, 1.165) is 12.1 Å². The molecule has 0 saturated heterocycles. The molecule has 3 aromatic rings. The summed E-state index contributed by atoms with van der Waals surface area (Å²) in [6.45, 7) is 3.82. The Labute approximate surface area is 181 Å². The van der Waals surface area contributed by atoms with Crippen LogP contribution in [0.2, 0.25) is 0 Å². The Hall–Kier alpha value is -3.01. The topological polar surface area (TPSA) is 76.0 Å². The number of carbonyl (C=O) groups excluding carboxylic acids is 2. The van der Waals surface area contributed by atoms with Crippen LogP contribution in [-0.2, 0) is 22.3 Å². The first-order valence-corrected chi connectivity index (χ1v) is 10.5. The number of carbonyl (C=O) groups is 2. The number of hydrogen-bond acceptors (Lipinski definition) is 4. The van der Waals surface area contributed by atoms with Gasteiger partial charge in [-0.15, -0.1) is 0 Å². The van der Waals surface area contributed by atoms with Crippen LogP contribution >= 0.6 is 11.8 Å². The van der Waals surface area contributed by atoms with Gasteiger partial charge < -0.3 is 15.2 Å². The van der Waals surface area contributed by atoms with Crippen molar-refractivity contribution in [2.45, 2.75) is 38.1 Å². The summed E-state index contributed by atoms with van der Waals surface area (Å²) >= 11 is 1.17. The van der Waals surface area contributed by atoms with Gasteiger partial charge in [-0.3, -0.25) is 9.59 Å². The molecule has 10 heteroatoms. The molecule has 2 amide bonds. The van der Waals surface area contributed by atoms with E-state index in [9.17, 15) is 22.8 Å². The molecule has 1 heterocycles. The molecule has 6 nitrogen and oxygen atoms in total. The van der Waals surface area contributed by atoms with Crippen LogP contribution in [0.5, 0.6) is 0 Å². The first-order valence-electron chi connectivity index (χ1n) is 9.55. The van der Waals surface area contributed by atoms with Crippen LogP contribution in [0.4, 0.5) is 24.5 Å². The summed E-state index contributed by atoms with van der Waals surface area (Å²) in [5.74, 6) is -0.416. The largest absolute Gasteiger partial charge is 0.416 e. The van der Waals surface area contributed by atoms with Crippen molar-refractivity contribution in [3.63, 3.8) is 0 Å². The number of rotatable bonds is 7. The van der Waals surface area contributed by atoms with Gasteiger partial charge in [0.2, 0.25) is 11.8 Å². The minimum Gasteiger partial charge on any atom is -0.326 e. The van der Waals surface area contributed by atoms with Gasteiger partial charge in [0.05, 0.1) is 22.3 Å². The van der Waals surface area contributed by atoms with E-state index in [1.165, 1.54) is 24.8 Å². The SMILES string of the molecule is CCCn1c(SCC(=O)Nc2ccc(NC(C)=O)cc2)nc2ccc(C(F)(F)F)cc21. The number of fused-ring (bicyclic) bond motifs is 1. The monoisotopic (exact) mass is 450 g/mol. The van der Waals surface area contributed by atoms with E-state index in [1.54, 1.807) is 28.8 Å². The highest BCUT2D eigenvalue weighted by atomic mass is 32.2. The van der Waals surface area contributed by atoms with E-state index < -0.39 is 11.7 Å². The van der Waals surface area contributed by atoms with Gasteiger partial charge in [0, 0.05) is 24.8 Å². The van der Waals surface area contributed by atoms with Gasteiger partial charge in [0.15, 0.2) is 5.16 Å². The molecule has 0 aliphatic heterocycles. The van der Waals surface area contributed by atoms with E-state index in [-0.39, 0.29) is 17.6 Å². The van der Waals surface area contributed by atoms with Crippen LogP contribution in [0.25, 0.3) is 11.0 Å². The Morgan fingerprint density at radius 2 is 1.71 bits per heavy atom. The number of nitrogens with zero attached hydrogens (tertiary/aromatic N) is 2. The molecular weight excluding hydrogens is 429 g/mol. The normalized spacial score (nSPS) is 11.5. The summed E-state index contributed by atoms with van der Waals surface area (Å²) < 4.78 is 41.0. The van der Waals surface area contributed by atoms with Crippen LogP contribution in [0.3, 0.4) is 0 Å². The molecule has 31 heavy (non-hydrogen) atoms.